The van der Waals surface area contributed by atoms with Gasteiger partial charge in [-0.2, -0.15) is 0 Å². The van der Waals surface area contributed by atoms with Crippen LogP contribution in [0.15, 0.2) is 97.6 Å². The van der Waals surface area contributed by atoms with Crippen molar-refractivity contribution in [3.8, 4) is 11.5 Å². The van der Waals surface area contributed by atoms with E-state index in [9.17, 15) is 0 Å². The Kier molecular flexibility index (Phi) is 9.69. The van der Waals surface area contributed by atoms with E-state index in [1.54, 1.807) is 0 Å². The van der Waals surface area contributed by atoms with Crippen molar-refractivity contribution in [2.24, 2.45) is 0 Å². The van der Waals surface area contributed by atoms with Gasteiger partial charge >= 0.3 is 7.82 Å². The molecule has 5 nitrogen and oxygen atoms in total. The molecule has 0 saturated heterocycles. The molecule has 0 fully saturated rings. The van der Waals surface area contributed by atoms with Crippen LogP contribution in [0.25, 0.3) is 6.08 Å². The predicted molar refractivity (Wildman–Crippen MR) is 104 cm³/mol. The second-order valence-corrected chi connectivity index (χ2v) is 5.88. The van der Waals surface area contributed by atoms with Crippen molar-refractivity contribution in [1.82, 2.24) is 0 Å². The van der Waals surface area contributed by atoms with Crippen LogP contribution in [-0.4, -0.2) is 14.7 Å². The quantitative estimate of drug-likeness (QED) is 0.571. The van der Waals surface area contributed by atoms with Crippen LogP contribution in [0.5, 0.6) is 11.5 Å². The van der Waals surface area contributed by atoms with Crippen LogP contribution >= 0.6 is 7.82 Å². The standard InChI is InChI=1S/C12H10O.C8H8.H3O4P/c1-3-7-11(8-4-1)13-12-9-5-2-6-10-12;1-2-8-6-4-3-5-7-8;1-5(2,3)4/h1-10H;2-7H,1H2;(H3,1,2,3,4). The van der Waals surface area contributed by atoms with Gasteiger partial charge in [0.1, 0.15) is 11.5 Å². The number of hydrogen-bond donors (Lipinski definition) is 3. The van der Waals surface area contributed by atoms with Gasteiger partial charge in [0.2, 0.25) is 0 Å². The van der Waals surface area contributed by atoms with Crippen LogP contribution in [0.1, 0.15) is 5.56 Å². The largest absolute Gasteiger partial charge is 0.466 e. The Labute approximate surface area is 153 Å². The monoisotopic (exact) mass is 372 g/mol. The SMILES string of the molecule is C=Cc1ccccc1.O=P(O)(O)O.c1ccc(Oc2ccccc2)cc1. The average Bonchev–Trinajstić information content (AvgIpc) is 2.63. The van der Waals surface area contributed by atoms with E-state index >= 15 is 0 Å². The highest BCUT2D eigenvalue weighted by Crippen LogP contribution is 2.25. The van der Waals surface area contributed by atoms with Crippen LogP contribution in [0.3, 0.4) is 0 Å². The first-order valence-electron chi connectivity index (χ1n) is 7.62. The Morgan fingerprint density at radius 3 is 1.27 bits per heavy atom. The van der Waals surface area contributed by atoms with Gasteiger partial charge in [-0.1, -0.05) is 79.4 Å². The van der Waals surface area contributed by atoms with Crippen molar-refractivity contribution < 1.29 is 24.0 Å². The van der Waals surface area contributed by atoms with Crippen LogP contribution < -0.4 is 4.74 Å². The Bertz CT molecular complexity index is 740. The summed E-state index contributed by atoms with van der Waals surface area (Å²) in [7, 11) is -4.64. The zero-order valence-corrected chi connectivity index (χ0v) is 14.9. The maximum atomic E-state index is 8.88. The molecule has 0 aliphatic carbocycles. The lowest BCUT2D eigenvalue weighted by Crippen LogP contribution is -1.81. The molecule has 0 unspecified atom stereocenters. The minimum atomic E-state index is -4.64. The van der Waals surface area contributed by atoms with Gasteiger partial charge in [0.05, 0.1) is 0 Å². The summed E-state index contributed by atoms with van der Waals surface area (Å²) in [6, 6.07) is 29.5. The number of para-hydroxylation sites is 2. The summed E-state index contributed by atoms with van der Waals surface area (Å²) in [6.07, 6.45) is 1.83. The van der Waals surface area contributed by atoms with Crippen molar-refractivity contribution in [2.45, 2.75) is 0 Å². The lowest BCUT2D eigenvalue weighted by molar-refractivity contribution is 0.275. The van der Waals surface area contributed by atoms with Gasteiger partial charge in [-0.15, -0.1) is 0 Å². The summed E-state index contributed by atoms with van der Waals surface area (Å²) in [4.78, 5) is 21.6. The molecule has 3 N–H and O–H groups in total. The van der Waals surface area contributed by atoms with E-state index in [4.69, 9.17) is 24.0 Å². The van der Waals surface area contributed by atoms with Crippen molar-refractivity contribution in [2.75, 3.05) is 0 Å². The zero-order chi connectivity index (χ0) is 19.3. The predicted octanol–water partition coefficient (Wildman–Crippen LogP) is 4.88. The average molecular weight is 372 g/mol. The molecule has 136 valence electrons. The normalized spacial score (nSPS) is 9.65. The van der Waals surface area contributed by atoms with E-state index in [1.807, 2.05) is 97.1 Å². The number of benzene rings is 3. The van der Waals surface area contributed by atoms with Crippen molar-refractivity contribution >= 4 is 13.9 Å². The summed E-state index contributed by atoms with van der Waals surface area (Å²) in [5.74, 6) is 1.74. The highest BCUT2D eigenvalue weighted by atomic mass is 31.2. The van der Waals surface area contributed by atoms with Crippen LogP contribution in [0, 0.1) is 0 Å². The molecule has 0 heterocycles. The second-order valence-electron chi connectivity index (χ2n) is 4.86. The summed E-state index contributed by atoms with van der Waals surface area (Å²) in [6.45, 7) is 3.63. The van der Waals surface area contributed by atoms with E-state index in [1.165, 1.54) is 5.56 Å². The van der Waals surface area contributed by atoms with Gasteiger partial charge < -0.3 is 19.4 Å². The minimum absolute atomic E-state index is 0.869. The summed E-state index contributed by atoms with van der Waals surface area (Å²) in [5, 5.41) is 0. The third-order valence-electron chi connectivity index (χ3n) is 2.76. The van der Waals surface area contributed by atoms with E-state index in [-0.39, 0.29) is 0 Å². The fourth-order valence-electron chi connectivity index (χ4n) is 1.70. The lowest BCUT2D eigenvalue weighted by atomic mass is 10.2. The van der Waals surface area contributed by atoms with Crippen LogP contribution in [0.2, 0.25) is 0 Å². The first-order chi connectivity index (χ1) is 12.4. The van der Waals surface area contributed by atoms with Gasteiger partial charge in [-0.3, -0.25) is 0 Å². The molecule has 0 aliphatic rings. The Balaban J connectivity index is 0.000000223. The highest BCUT2D eigenvalue weighted by molar-refractivity contribution is 7.45. The van der Waals surface area contributed by atoms with Crippen molar-refractivity contribution in [3.05, 3.63) is 103 Å². The molecular weight excluding hydrogens is 351 g/mol. The first kappa shape index (κ1) is 21.4. The van der Waals surface area contributed by atoms with Crippen molar-refractivity contribution in [1.29, 1.82) is 0 Å². The van der Waals surface area contributed by atoms with Gasteiger partial charge in [-0.25, -0.2) is 4.57 Å². The van der Waals surface area contributed by atoms with Crippen LogP contribution in [0.4, 0.5) is 0 Å². The Morgan fingerprint density at radius 2 is 1.00 bits per heavy atom. The Hall–Kier alpha value is -2.69. The molecule has 0 radical (unpaired) electrons. The molecule has 0 spiro atoms. The van der Waals surface area contributed by atoms with Gasteiger partial charge in [-0.05, 0) is 29.8 Å². The number of ether oxygens (including phenoxy) is 1. The molecular formula is C20H21O5P. The molecule has 3 rings (SSSR count). The summed E-state index contributed by atoms with van der Waals surface area (Å²) in [5.41, 5.74) is 1.17. The molecule has 6 heteroatoms. The van der Waals surface area contributed by atoms with Crippen molar-refractivity contribution in [3.63, 3.8) is 0 Å². The maximum Gasteiger partial charge on any atom is 0.466 e. The summed E-state index contributed by atoms with van der Waals surface area (Å²) < 4.78 is 14.5. The molecule has 0 aliphatic heterocycles. The molecule has 3 aromatic rings. The maximum absolute atomic E-state index is 8.88. The second kappa shape index (κ2) is 11.8. The zero-order valence-electron chi connectivity index (χ0n) is 14.1. The van der Waals surface area contributed by atoms with E-state index < -0.39 is 7.82 Å². The molecule has 0 bridgehead atoms. The number of hydrogen-bond acceptors (Lipinski definition) is 2. The molecule has 0 saturated carbocycles. The van der Waals surface area contributed by atoms with Crippen LogP contribution in [-0.2, 0) is 4.57 Å². The topological polar surface area (TPSA) is 87.0 Å². The molecule has 26 heavy (non-hydrogen) atoms. The fraction of sp³-hybridized carbons (Fsp3) is 0. The molecule has 0 atom stereocenters. The smallest absolute Gasteiger partial charge is 0.457 e. The van der Waals surface area contributed by atoms with Gasteiger partial charge in [0.15, 0.2) is 0 Å². The third-order valence-corrected chi connectivity index (χ3v) is 2.76. The lowest BCUT2D eigenvalue weighted by Gasteiger charge is -2.03. The highest BCUT2D eigenvalue weighted by Gasteiger charge is 2.00. The number of rotatable bonds is 3. The molecule has 0 amide bonds. The van der Waals surface area contributed by atoms with E-state index in [0.717, 1.165) is 11.5 Å². The van der Waals surface area contributed by atoms with Gasteiger partial charge in [0.25, 0.3) is 0 Å². The minimum Gasteiger partial charge on any atom is -0.457 e. The van der Waals surface area contributed by atoms with E-state index in [2.05, 4.69) is 6.58 Å². The fourth-order valence-corrected chi connectivity index (χ4v) is 1.70. The van der Waals surface area contributed by atoms with Gasteiger partial charge in [0, 0.05) is 0 Å². The molecule has 0 aromatic heterocycles. The number of phosphoric acid groups is 1. The molecule has 3 aromatic carbocycles. The third kappa shape index (κ3) is 11.8. The Morgan fingerprint density at radius 1 is 0.692 bits per heavy atom. The van der Waals surface area contributed by atoms with E-state index in [0.29, 0.717) is 0 Å². The summed E-state index contributed by atoms with van der Waals surface area (Å²) >= 11 is 0. The first-order valence-corrected chi connectivity index (χ1v) is 9.18.